The maximum absolute atomic E-state index is 13.8. The molecule has 2 aromatic carbocycles. The summed E-state index contributed by atoms with van der Waals surface area (Å²) in [5.41, 5.74) is 2.86. The molecule has 1 atom stereocenters. The van der Waals surface area contributed by atoms with Crippen LogP contribution in [0, 0.1) is 18.6 Å². The number of piperazine rings is 1. The van der Waals surface area contributed by atoms with Crippen LogP contribution in [0.3, 0.4) is 0 Å². The second kappa shape index (κ2) is 9.26. The summed E-state index contributed by atoms with van der Waals surface area (Å²) in [6.07, 6.45) is 0. The molecule has 0 radical (unpaired) electrons. The van der Waals surface area contributed by atoms with Crippen molar-refractivity contribution in [2.75, 3.05) is 32.7 Å². The van der Waals surface area contributed by atoms with E-state index in [1.165, 1.54) is 23.3 Å². The molecule has 1 aliphatic rings. The maximum Gasteiger partial charge on any atom is 0.234 e. The molecule has 4 nitrogen and oxygen atoms in total. The first-order valence-electron chi connectivity index (χ1n) is 9.65. The van der Waals surface area contributed by atoms with Crippen molar-refractivity contribution < 1.29 is 13.6 Å². The highest BCUT2D eigenvalue weighted by Gasteiger charge is 2.20. The average Bonchev–Trinajstić information content (AvgIpc) is 2.63. The number of amides is 1. The first-order valence-corrected chi connectivity index (χ1v) is 9.65. The molecule has 1 saturated heterocycles. The number of carbonyl (C=O) groups is 1. The number of hydrogen-bond donors (Lipinski definition) is 1. The summed E-state index contributed by atoms with van der Waals surface area (Å²) in [4.78, 5) is 16.8. The number of carbonyl (C=O) groups excluding carboxylic acids is 1. The van der Waals surface area contributed by atoms with Gasteiger partial charge in [-0.05, 0) is 25.5 Å². The molecule has 1 aliphatic heterocycles. The molecule has 0 aromatic heterocycles. The lowest BCUT2D eigenvalue weighted by molar-refractivity contribution is -0.123. The molecular formula is C22H27F2N3O. The molecule has 2 aromatic rings. The SMILES string of the molecule is Cc1cccc(CN2CCN(CC(=O)N[C@@H](C)c3ccc(F)cc3F)CC2)c1. The van der Waals surface area contributed by atoms with E-state index in [2.05, 4.69) is 46.3 Å². The smallest absolute Gasteiger partial charge is 0.234 e. The third kappa shape index (κ3) is 5.59. The van der Waals surface area contributed by atoms with Crippen molar-refractivity contribution in [2.45, 2.75) is 26.4 Å². The molecule has 0 spiro atoms. The molecule has 3 rings (SSSR count). The van der Waals surface area contributed by atoms with Crippen LogP contribution < -0.4 is 5.32 Å². The Balaban J connectivity index is 1.44. The summed E-state index contributed by atoms with van der Waals surface area (Å²) >= 11 is 0. The van der Waals surface area contributed by atoms with Gasteiger partial charge in [-0.3, -0.25) is 14.6 Å². The van der Waals surface area contributed by atoms with Gasteiger partial charge in [0.05, 0.1) is 12.6 Å². The number of halogens is 2. The van der Waals surface area contributed by atoms with Crippen molar-refractivity contribution in [2.24, 2.45) is 0 Å². The van der Waals surface area contributed by atoms with E-state index in [4.69, 9.17) is 0 Å². The fourth-order valence-corrected chi connectivity index (χ4v) is 3.59. The highest BCUT2D eigenvalue weighted by molar-refractivity contribution is 5.78. The zero-order valence-corrected chi connectivity index (χ0v) is 16.4. The Labute approximate surface area is 165 Å². The van der Waals surface area contributed by atoms with E-state index in [0.717, 1.165) is 38.8 Å². The topological polar surface area (TPSA) is 35.6 Å². The number of benzene rings is 2. The summed E-state index contributed by atoms with van der Waals surface area (Å²) < 4.78 is 26.9. The van der Waals surface area contributed by atoms with Crippen LogP contribution >= 0.6 is 0 Å². The molecule has 1 heterocycles. The van der Waals surface area contributed by atoms with E-state index in [1.807, 2.05) is 0 Å². The van der Waals surface area contributed by atoms with Crippen molar-refractivity contribution in [3.8, 4) is 0 Å². The minimum atomic E-state index is -0.641. The van der Waals surface area contributed by atoms with Gasteiger partial charge in [0, 0.05) is 44.4 Å². The minimum Gasteiger partial charge on any atom is -0.348 e. The van der Waals surface area contributed by atoms with Gasteiger partial charge >= 0.3 is 0 Å². The predicted octanol–water partition coefficient (Wildman–Crippen LogP) is 3.27. The van der Waals surface area contributed by atoms with Crippen LogP contribution in [-0.2, 0) is 11.3 Å². The first-order chi connectivity index (χ1) is 13.4. The lowest BCUT2D eigenvalue weighted by Crippen LogP contribution is -2.49. The molecule has 0 saturated carbocycles. The quantitative estimate of drug-likeness (QED) is 0.826. The van der Waals surface area contributed by atoms with Crippen LogP contribution in [0.5, 0.6) is 0 Å². The molecule has 0 unspecified atom stereocenters. The van der Waals surface area contributed by atoms with Gasteiger partial charge in [0.1, 0.15) is 11.6 Å². The third-order valence-electron chi connectivity index (χ3n) is 5.13. The first kappa shape index (κ1) is 20.4. The van der Waals surface area contributed by atoms with E-state index in [-0.39, 0.29) is 18.0 Å². The van der Waals surface area contributed by atoms with Crippen molar-refractivity contribution in [3.63, 3.8) is 0 Å². The summed E-state index contributed by atoms with van der Waals surface area (Å²) in [6.45, 7) is 8.45. The number of hydrogen-bond acceptors (Lipinski definition) is 3. The zero-order valence-electron chi connectivity index (χ0n) is 16.4. The number of aryl methyl sites for hydroxylation is 1. The van der Waals surface area contributed by atoms with Gasteiger partial charge in [0.25, 0.3) is 0 Å². The molecular weight excluding hydrogens is 360 g/mol. The van der Waals surface area contributed by atoms with E-state index >= 15 is 0 Å². The van der Waals surface area contributed by atoms with Crippen molar-refractivity contribution in [1.82, 2.24) is 15.1 Å². The lowest BCUT2D eigenvalue weighted by atomic mass is 10.1. The van der Waals surface area contributed by atoms with Crippen LogP contribution in [0.15, 0.2) is 42.5 Å². The van der Waals surface area contributed by atoms with E-state index in [1.54, 1.807) is 6.92 Å². The van der Waals surface area contributed by atoms with Gasteiger partial charge in [0.15, 0.2) is 0 Å². The van der Waals surface area contributed by atoms with Gasteiger partial charge in [-0.1, -0.05) is 35.9 Å². The summed E-state index contributed by atoms with van der Waals surface area (Å²) in [5, 5.41) is 2.80. The van der Waals surface area contributed by atoms with Gasteiger partial charge in [-0.25, -0.2) is 8.78 Å². The van der Waals surface area contributed by atoms with Crippen LogP contribution in [0.4, 0.5) is 8.78 Å². The van der Waals surface area contributed by atoms with Crippen molar-refractivity contribution in [3.05, 3.63) is 70.8 Å². The van der Waals surface area contributed by atoms with E-state index in [0.29, 0.717) is 0 Å². The Bertz CT molecular complexity index is 819. The van der Waals surface area contributed by atoms with Crippen LogP contribution in [0.2, 0.25) is 0 Å². The van der Waals surface area contributed by atoms with E-state index in [9.17, 15) is 13.6 Å². The minimum absolute atomic E-state index is 0.150. The van der Waals surface area contributed by atoms with Crippen molar-refractivity contribution in [1.29, 1.82) is 0 Å². The summed E-state index contributed by atoms with van der Waals surface area (Å²) in [5.74, 6) is -1.41. The molecule has 0 bridgehead atoms. The Hall–Kier alpha value is -2.31. The Kier molecular flexibility index (Phi) is 6.75. The molecule has 1 N–H and O–H groups in total. The van der Waals surface area contributed by atoms with E-state index < -0.39 is 17.7 Å². The van der Waals surface area contributed by atoms with Gasteiger partial charge in [0.2, 0.25) is 5.91 Å². The summed E-state index contributed by atoms with van der Waals surface area (Å²) in [6, 6.07) is 11.4. The zero-order chi connectivity index (χ0) is 20.1. The Morgan fingerprint density at radius 2 is 1.79 bits per heavy atom. The monoisotopic (exact) mass is 387 g/mol. The fraction of sp³-hybridized carbons (Fsp3) is 0.409. The average molecular weight is 387 g/mol. The predicted molar refractivity (Wildman–Crippen MR) is 106 cm³/mol. The van der Waals surface area contributed by atoms with Gasteiger partial charge in [-0.2, -0.15) is 0 Å². The van der Waals surface area contributed by atoms with Crippen LogP contribution in [0.1, 0.15) is 29.7 Å². The van der Waals surface area contributed by atoms with Gasteiger partial charge < -0.3 is 5.32 Å². The fourth-order valence-electron chi connectivity index (χ4n) is 3.59. The highest BCUT2D eigenvalue weighted by atomic mass is 19.1. The lowest BCUT2D eigenvalue weighted by Gasteiger charge is -2.34. The molecule has 28 heavy (non-hydrogen) atoms. The highest BCUT2D eigenvalue weighted by Crippen LogP contribution is 2.17. The number of rotatable bonds is 6. The molecule has 150 valence electrons. The largest absolute Gasteiger partial charge is 0.348 e. The molecule has 1 amide bonds. The third-order valence-corrected chi connectivity index (χ3v) is 5.13. The molecule has 6 heteroatoms. The summed E-state index contributed by atoms with van der Waals surface area (Å²) in [7, 11) is 0. The molecule has 1 fully saturated rings. The Morgan fingerprint density at radius 1 is 1.07 bits per heavy atom. The Morgan fingerprint density at radius 3 is 2.46 bits per heavy atom. The van der Waals surface area contributed by atoms with Gasteiger partial charge in [-0.15, -0.1) is 0 Å². The second-order valence-electron chi connectivity index (χ2n) is 7.50. The molecule has 0 aliphatic carbocycles. The second-order valence-corrected chi connectivity index (χ2v) is 7.50. The van der Waals surface area contributed by atoms with Crippen LogP contribution in [-0.4, -0.2) is 48.4 Å². The normalized spacial score (nSPS) is 16.7. The van der Waals surface area contributed by atoms with Crippen LogP contribution in [0.25, 0.3) is 0 Å². The number of nitrogens with zero attached hydrogens (tertiary/aromatic N) is 2. The maximum atomic E-state index is 13.8. The number of nitrogens with one attached hydrogen (secondary N) is 1. The standard InChI is InChI=1S/C22H27F2N3O/c1-16-4-3-5-18(12-16)14-26-8-10-27(11-9-26)15-22(28)25-17(2)20-7-6-19(23)13-21(20)24/h3-7,12-13,17H,8-11,14-15H2,1-2H3,(H,25,28)/t17-/m0/s1. The van der Waals surface area contributed by atoms with Crippen molar-refractivity contribution >= 4 is 5.91 Å².